The molecule has 2 atom stereocenters. The summed E-state index contributed by atoms with van der Waals surface area (Å²) >= 11 is 0. The lowest BCUT2D eigenvalue weighted by molar-refractivity contribution is 0.247. The maximum absolute atomic E-state index is 11.9. The number of aromatic nitrogens is 2. The van der Waals surface area contributed by atoms with Crippen LogP contribution in [0.4, 0.5) is 10.5 Å². The van der Waals surface area contributed by atoms with Crippen molar-refractivity contribution in [2.45, 2.75) is 32.5 Å². The van der Waals surface area contributed by atoms with E-state index in [0.717, 1.165) is 11.3 Å². The van der Waals surface area contributed by atoms with E-state index in [9.17, 15) is 4.79 Å². The van der Waals surface area contributed by atoms with Crippen molar-refractivity contribution in [3.05, 3.63) is 48.3 Å². The highest BCUT2D eigenvalue weighted by molar-refractivity contribution is 5.89. The van der Waals surface area contributed by atoms with Crippen LogP contribution in [0.15, 0.2) is 42.7 Å². The summed E-state index contributed by atoms with van der Waals surface area (Å²) in [7, 11) is 0. The van der Waals surface area contributed by atoms with Gasteiger partial charge in [-0.1, -0.05) is 12.1 Å². The molecule has 0 fully saturated rings. The Morgan fingerprint density at radius 1 is 1.33 bits per heavy atom. The van der Waals surface area contributed by atoms with Gasteiger partial charge in [0.2, 0.25) is 0 Å². The normalized spacial score (nSPS) is 13.5. The van der Waals surface area contributed by atoms with Crippen LogP contribution in [0, 0.1) is 0 Å². The molecule has 2 unspecified atom stereocenters. The minimum atomic E-state index is -0.233. The number of amides is 2. The van der Waals surface area contributed by atoms with Gasteiger partial charge in [0.15, 0.2) is 0 Å². The minimum Gasteiger partial charge on any atom is -0.334 e. The van der Waals surface area contributed by atoms with Crippen molar-refractivity contribution in [3.63, 3.8) is 0 Å². The van der Waals surface area contributed by atoms with Crippen LogP contribution < -0.4 is 16.4 Å². The number of nitrogens with zero attached hydrogens (tertiary/aromatic N) is 2. The molecule has 6 nitrogen and oxygen atoms in total. The average molecular weight is 287 g/mol. The number of carbonyl (C=O) groups is 1. The molecule has 2 aromatic rings. The first-order valence-electron chi connectivity index (χ1n) is 6.95. The zero-order chi connectivity index (χ0) is 15.2. The van der Waals surface area contributed by atoms with Crippen LogP contribution in [-0.4, -0.2) is 21.9 Å². The molecule has 0 aliphatic rings. The minimum absolute atomic E-state index is 0.0121. The van der Waals surface area contributed by atoms with Crippen LogP contribution in [-0.2, 0) is 6.54 Å². The number of hydrogen-bond donors (Lipinski definition) is 3. The van der Waals surface area contributed by atoms with E-state index in [1.54, 1.807) is 10.9 Å². The molecule has 0 saturated heterocycles. The average Bonchev–Trinajstić information content (AvgIpc) is 2.91. The topological polar surface area (TPSA) is 85.0 Å². The lowest BCUT2D eigenvalue weighted by Gasteiger charge is -2.15. The molecule has 2 rings (SSSR count). The lowest BCUT2D eigenvalue weighted by Crippen LogP contribution is -2.38. The molecule has 0 radical (unpaired) electrons. The molecule has 1 heterocycles. The zero-order valence-electron chi connectivity index (χ0n) is 12.3. The largest absolute Gasteiger partial charge is 0.334 e. The third kappa shape index (κ3) is 4.61. The number of carbonyl (C=O) groups excluding carboxylic acids is 1. The first-order chi connectivity index (χ1) is 10.0. The van der Waals surface area contributed by atoms with Crippen molar-refractivity contribution in [2.24, 2.45) is 5.73 Å². The van der Waals surface area contributed by atoms with Crippen molar-refractivity contribution >= 4 is 11.7 Å². The standard InChI is InChI=1S/C15H21N5O/c1-11(10-20-9-3-8-17-20)18-15(21)19-14-6-4-13(5-7-14)12(2)16/h3-9,11-12H,10,16H2,1-2H3,(H2,18,19,21). The van der Waals surface area contributed by atoms with Crippen molar-refractivity contribution in [1.82, 2.24) is 15.1 Å². The fourth-order valence-electron chi connectivity index (χ4n) is 2.00. The Labute approximate surface area is 124 Å². The molecule has 1 aromatic carbocycles. The van der Waals surface area contributed by atoms with Crippen molar-refractivity contribution in [1.29, 1.82) is 0 Å². The summed E-state index contributed by atoms with van der Waals surface area (Å²) in [5.41, 5.74) is 7.56. The first-order valence-corrected chi connectivity index (χ1v) is 6.95. The molecular formula is C15H21N5O. The maximum Gasteiger partial charge on any atom is 0.319 e. The Bertz CT molecular complexity index is 562. The second-order valence-corrected chi connectivity index (χ2v) is 5.14. The van der Waals surface area contributed by atoms with E-state index in [0.29, 0.717) is 6.54 Å². The molecular weight excluding hydrogens is 266 g/mol. The van der Waals surface area contributed by atoms with Gasteiger partial charge in [-0.25, -0.2) is 4.79 Å². The van der Waals surface area contributed by atoms with Gasteiger partial charge in [0, 0.05) is 30.2 Å². The van der Waals surface area contributed by atoms with Crippen LogP contribution >= 0.6 is 0 Å². The summed E-state index contributed by atoms with van der Waals surface area (Å²) in [5.74, 6) is 0. The van der Waals surface area contributed by atoms with Crippen molar-refractivity contribution < 1.29 is 4.79 Å². The van der Waals surface area contributed by atoms with E-state index in [1.807, 2.05) is 50.4 Å². The molecule has 0 saturated carbocycles. The number of nitrogens with one attached hydrogen (secondary N) is 2. The molecule has 21 heavy (non-hydrogen) atoms. The molecule has 112 valence electrons. The smallest absolute Gasteiger partial charge is 0.319 e. The van der Waals surface area contributed by atoms with E-state index in [2.05, 4.69) is 15.7 Å². The third-order valence-corrected chi connectivity index (χ3v) is 3.09. The van der Waals surface area contributed by atoms with Gasteiger partial charge in [0.1, 0.15) is 0 Å². The van der Waals surface area contributed by atoms with Crippen LogP contribution in [0.3, 0.4) is 0 Å². The van der Waals surface area contributed by atoms with Crippen molar-refractivity contribution in [2.75, 3.05) is 5.32 Å². The highest BCUT2D eigenvalue weighted by atomic mass is 16.2. The summed E-state index contributed by atoms with van der Waals surface area (Å²) in [6.45, 7) is 4.48. The number of benzene rings is 1. The Morgan fingerprint density at radius 2 is 2.05 bits per heavy atom. The molecule has 2 amide bonds. The monoisotopic (exact) mass is 287 g/mol. The van der Waals surface area contributed by atoms with Gasteiger partial charge in [-0.3, -0.25) is 4.68 Å². The van der Waals surface area contributed by atoms with E-state index < -0.39 is 0 Å². The predicted octanol–water partition coefficient (Wildman–Crippen LogP) is 2.11. The highest BCUT2D eigenvalue weighted by Crippen LogP contribution is 2.14. The van der Waals surface area contributed by atoms with Crippen LogP contribution in [0.1, 0.15) is 25.5 Å². The summed E-state index contributed by atoms with van der Waals surface area (Å²) in [4.78, 5) is 11.9. The Hall–Kier alpha value is -2.34. The van der Waals surface area contributed by atoms with E-state index in [-0.39, 0.29) is 18.1 Å². The maximum atomic E-state index is 11.9. The fraction of sp³-hybridized carbons (Fsp3) is 0.333. The zero-order valence-corrected chi connectivity index (χ0v) is 12.3. The summed E-state index contributed by atoms with van der Waals surface area (Å²) in [6.07, 6.45) is 3.58. The molecule has 1 aromatic heterocycles. The summed E-state index contributed by atoms with van der Waals surface area (Å²) in [6, 6.07) is 9.10. The van der Waals surface area contributed by atoms with E-state index >= 15 is 0 Å². The van der Waals surface area contributed by atoms with E-state index in [1.165, 1.54) is 0 Å². The summed E-state index contributed by atoms with van der Waals surface area (Å²) < 4.78 is 1.78. The van der Waals surface area contributed by atoms with Gasteiger partial charge < -0.3 is 16.4 Å². The SMILES string of the molecule is CC(Cn1cccn1)NC(=O)Nc1ccc(C(C)N)cc1. The Balaban J connectivity index is 1.83. The quantitative estimate of drug-likeness (QED) is 0.787. The highest BCUT2D eigenvalue weighted by Gasteiger charge is 2.08. The van der Waals surface area contributed by atoms with Gasteiger partial charge >= 0.3 is 6.03 Å². The first kappa shape index (κ1) is 15.1. The molecule has 4 N–H and O–H groups in total. The molecule has 0 aliphatic carbocycles. The molecule has 6 heteroatoms. The molecule has 0 aliphatic heterocycles. The van der Waals surface area contributed by atoms with Gasteiger partial charge in [-0.05, 0) is 37.6 Å². The third-order valence-electron chi connectivity index (χ3n) is 3.09. The number of rotatable bonds is 5. The van der Waals surface area contributed by atoms with E-state index in [4.69, 9.17) is 5.73 Å². The van der Waals surface area contributed by atoms with Gasteiger partial charge in [-0.2, -0.15) is 5.10 Å². The second kappa shape index (κ2) is 6.90. The number of urea groups is 1. The predicted molar refractivity (Wildman–Crippen MR) is 82.9 cm³/mol. The van der Waals surface area contributed by atoms with Crippen molar-refractivity contribution in [3.8, 4) is 0 Å². The van der Waals surface area contributed by atoms with Gasteiger partial charge in [0.05, 0.1) is 6.54 Å². The number of anilines is 1. The Morgan fingerprint density at radius 3 is 2.62 bits per heavy atom. The second-order valence-electron chi connectivity index (χ2n) is 5.14. The lowest BCUT2D eigenvalue weighted by atomic mass is 10.1. The summed E-state index contributed by atoms with van der Waals surface area (Å²) in [5, 5.41) is 9.77. The molecule has 0 spiro atoms. The Kier molecular flexibility index (Phi) is 4.94. The van der Waals surface area contributed by atoms with Gasteiger partial charge in [-0.15, -0.1) is 0 Å². The van der Waals surface area contributed by atoms with Gasteiger partial charge in [0.25, 0.3) is 0 Å². The van der Waals surface area contributed by atoms with Crippen LogP contribution in [0.25, 0.3) is 0 Å². The van der Waals surface area contributed by atoms with Crippen LogP contribution in [0.2, 0.25) is 0 Å². The fourth-order valence-corrected chi connectivity index (χ4v) is 2.00. The number of nitrogens with two attached hydrogens (primary N) is 1. The molecule has 0 bridgehead atoms. The number of hydrogen-bond acceptors (Lipinski definition) is 3. The van der Waals surface area contributed by atoms with Crippen LogP contribution in [0.5, 0.6) is 0 Å².